The van der Waals surface area contributed by atoms with Crippen LogP contribution in [0.5, 0.6) is 5.75 Å². The van der Waals surface area contributed by atoms with Crippen molar-refractivity contribution in [2.75, 3.05) is 33.3 Å². The number of rotatable bonds is 5. The van der Waals surface area contributed by atoms with Gasteiger partial charge in [-0.25, -0.2) is 0 Å². The maximum absolute atomic E-state index is 5.69. The number of hydrogen-bond acceptors (Lipinski definition) is 6. The molecule has 0 radical (unpaired) electrons. The molecular weight excluding hydrogens is 292 g/mol. The van der Waals surface area contributed by atoms with Crippen LogP contribution in [0.2, 0.25) is 0 Å². The van der Waals surface area contributed by atoms with Crippen LogP contribution in [0.1, 0.15) is 25.7 Å². The molecule has 1 atom stereocenters. The van der Waals surface area contributed by atoms with Crippen molar-refractivity contribution in [3.8, 4) is 17.2 Å². The molecule has 6 heteroatoms. The van der Waals surface area contributed by atoms with Crippen molar-refractivity contribution in [3.63, 3.8) is 0 Å². The van der Waals surface area contributed by atoms with Crippen molar-refractivity contribution < 1.29 is 9.26 Å². The molecule has 23 heavy (non-hydrogen) atoms. The fourth-order valence-electron chi connectivity index (χ4n) is 2.54. The molecule has 0 spiro atoms. The molecular formula is C17H24N4O2. The third-order valence-electron chi connectivity index (χ3n) is 3.94. The summed E-state index contributed by atoms with van der Waals surface area (Å²) in [5.41, 5.74) is 0.909. The first kappa shape index (κ1) is 16.0. The fraction of sp³-hybridized carbons (Fsp3) is 0.529. The molecule has 1 unspecified atom stereocenters. The van der Waals surface area contributed by atoms with Gasteiger partial charge < -0.3 is 14.6 Å². The van der Waals surface area contributed by atoms with Gasteiger partial charge in [-0.3, -0.25) is 4.90 Å². The summed E-state index contributed by atoms with van der Waals surface area (Å²) in [6, 6.07) is 7.95. The number of ether oxygens (including phenoxy) is 1. The number of hydrogen-bond donors (Lipinski definition) is 1. The lowest BCUT2D eigenvalue weighted by Gasteiger charge is -2.30. The first-order valence-corrected chi connectivity index (χ1v) is 8.11. The number of nitrogens with one attached hydrogen (secondary N) is 1. The van der Waals surface area contributed by atoms with E-state index < -0.39 is 0 Å². The summed E-state index contributed by atoms with van der Waals surface area (Å²) in [5, 5.41) is 7.51. The van der Waals surface area contributed by atoms with Crippen LogP contribution < -0.4 is 10.1 Å². The Bertz CT molecular complexity index is 624. The van der Waals surface area contributed by atoms with E-state index in [0.717, 1.165) is 36.8 Å². The predicted molar refractivity (Wildman–Crippen MR) is 88.3 cm³/mol. The molecule has 0 amide bonds. The van der Waals surface area contributed by atoms with Crippen molar-refractivity contribution in [3.05, 3.63) is 30.1 Å². The normalized spacial score (nSPS) is 19.2. The van der Waals surface area contributed by atoms with Gasteiger partial charge in [-0.05, 0) is 37.2 Å². The zero-order valence-electron chi connectivity index (χ0n) is 14.0. The van der Waals surface area contributed by atoms with Crippen LogP contribution in [0, 0.1) is 5.92 Å². The first-order chi connectivity index (χ1) is 11.1. The van der Waals surface area contributed by atoms with Gasteiger partial charge in [0.05, 0.1) is 12.6 Å². The average Bonchev–Trinajstić information content (AvgIpc) is 3.03. The van der Waals surface area contributed by atoms with E-state index in [-0.39, 0.29) is 6.04 Å². The van der Waals surface area contributed by atoms with Gasteiger partial charge in [0.2, 0.25) is 0 Å². The highest BCUT2D eigenvalue weighted by Crippen LogP contribution is 2.24. The lowest BCUT2D eigenvalue weighted by molar-refractivity contribution is 0.190. The highest BCUT2D eigenvalue weighted by atomic mass is 16.5. The zero-order chi connectivity index (χ0) is 16.2. The Morgan fingerprint density at radius 3 is 2.83 bits per heavy atom. The molecule has 1 aliphatic heterocycles. The Morgan fingerprint density at radius 1 is 1.35 bits per heavy atom. The van der Waals surface area contributed by atoms with E-state index >= 15 is 0 Å². The summed E-state index contributed by atoms with van der Waals surface area (Å²) < 4.78 is 11.1. The minimum absolute atomic E-state index is 0.162. The molecule has 2 heterocycles. The molecule has 0 aliphatic carbocycles. The largest absolute Gasteiger partial charge is 0.493 e. The molecule has 1 saturated heterocycles. The van der Waals surface area contributed by atoms with Crippen LogP contribution in [0.15, 0.2) is 28.8 Å². The maximum atomic E-state index is 5.69. The summed E-state index contributed by atoms with van der Waals surface area (Å²) in [7, 11) is 2.09. The molecule has 1 aromatic heterocycles. The molecule has 1 fully saturated rings. The van der Waals surface area contributed by atoms with Crippen molar-refractivity contribution in [1.29, 1.82) is 0 Å². The van der Waals surface area contributed by atoms with Crippen molar-refractivity contribution in [1.82, 2.24) is 20.4 Å². The van der Waals surface area contributed by atoms with Crippen LogP contribution in [-0.2, 0) is 0 Å². The van der Waals surface area contributed by atoms with Gasteiger partial charge in [0.25, 0.3) is 5.89 Å². The van der Waals surface area contributed by atoms with E-state index in [2.05, 4.69) is 41.3 Å². The van der Waals surface area contributed by atoms with Crippen LogP contribution in [0.25, 0.3) is 11.5 Å². The monoisotopic (exact) mass is 316 g/mol. The second-order valence-electron chi connectivity index (χ2n) is 6.39. The lowest BCUT2D eigenvalue weighted by Crippen LogP contribution is -2.44. The highest BCUT2D eigenvalue weighted by molar-refractivity contribution is 5.54. The first-order valence-electron chi connectivity index (χ1n) is 8.11. The third-order valence-corrected chi connectivity index (χ3v) is 3.94. The quantitative estimate of drug-likeness (QED) is 0.913. The maximum Gasteiger partial charge on any atom is 0.257 e. The topological polar surface area (TPSA) is 63.4 Å². The number of benzene rings is 1. The second-order valence-corrected chi connectivity index (χ2v) is 6.39. The molecule has 6 nitrogen and oxygen atoms in total. The van der Waals surface area contributed by atoms with Crippen LogP contribution in [0.4, 0.5) is 0 Å². The van der Waals surface area contributed by atoms with Crippen molar-refractivity contribution >= 4 is 0 Å². The fourth-order valence-corrected chi connectivity index (χ4v) is 2.54. The highest BCUT2D eigenvalue weighted by Gasteiger charge is 2.25. The van der Waals surface area contributed by atoms with E-state index in [1.54, 1.807) is 0 Å². The second kappa shape index (κ2) is 7.10. The molecule has 1 aliphatic rings. The summed E-state index contributed by atoms with van der Waals surface area (Å²) >= 11 is 0. The lowest BCUT2D eigenvalue weighted by atomic mass is 10.2. The third kappa shape index (κ3) is 3.89. The molecule has 3 rings (SSSR count). The molecule has 124 valence electrons. The standard InChI is InChI=1S/C17H24N4O2/c1-12(2)11-22-14-6-4-13(5-7-14)17-19-16(20-23-17)15-10-18-8-9-21(15)3/h4-7,12,15,18H,8-11H2,1-3H3. The summed E-state index contributed by atoms with van der Waals surface area (Å²) in [6.45, 7) is 7.80. The Hall–Kier alpha value is -1.92. The van der Waals surface area contributed by atoms with Gasteiger partial charge in [-0.15, -0.1) is 0 Å². The minimum Gasteiger partial charge on any atom is -0.493 e. The van der Waals surface area contributed by atoms with E-state index in [4.69, 9.17) is 9.26 Å². The van der Waals surface area contributed by atoms with Gasteiger partial charge >= 0.3 is 0 Å². The zero-order valence-corrected chi connectivity index (χ0v) is 14.0. The Morgan fingerprint density at radius 2 is 2.13 bits per heavy atom. The number of likely N-dealkylation sites (N-methyl/N-ethyl adjacent to an activating group) is 1. The van der Waals surface area contributed by atoms with Crippen LogP contribution in [0.3, 0.4) is 0 Å². The summed E-state index contributed by atoms with van der Waals surface area (Å²) in [4.78, 5) is 6.80. The SMILES string of the molecule is CC(C)COc1ccc(-c2nc(C3CNCCN3C)no2)cc1. The Balaban J connectivity index is 1.70. The van der Waals surface area contributed by atoms with E-state index in [9.17, 15) is 0 Å². The van der Waals surface area contributed by atoms with E-state index in [1.807, 2.05) is 24.3 Å². The van der Waals surface area contributed by atoms with Gasteiger partial charge in [0.15, 0.2) is 5.82 Å². The molecule has 0 saturated carbocycles. The van der Waals surface area contributed by atoms with Gasteiger partial charge in [0.1, 0.15) is 5.75 Å². The molecule has 1 N–H and O–H groups in total. The number of nitrogens with zero attached hydrogens (tertiary/aromatic N) is 3. The van der Waals surface area contributed by atoms with Gasteiger partial charge in [-0.1, -0.05) is 19.0 Å². The molecule has 0 bridgehead atoms. The smallest absolute Gasteiger partial charge is 0.257 e. The van der Waals surface area contributed by atoms with Crippen LogP contribution >= 0.6 is 0 Å². The minimum atomic E-state index is 0.162. The summed E-state index contributed by atoms with van der Waals surface area (Å²) in [5.74, 6) is 2.65. The Labute approximate surface area is 136 Å². The predicted octanol–water partition coefficient (Wildman–Crippen LogP) is 2.35. The van der Waals surface area contributed by atoms with Gasteiger partial charge in [0, 0.05) is 25.2 Å². The van der Waals surface area contributed by atoms with Crippen molar-refractivity contribution in [2.24, 2.45) is 5.92 Å². The van der Waals surface area contributed by atoms with Crippen LogP contribution in [-0.4, -0.2) is 48.3 Å². The number of aromatic nitrogens is 2. The molecule has 2 aromatic rings. The van der Waals surface area contributed by atoms with Crippen molar-refractivity contribution in [2.45, 2.75) is 19.9 Å². The van der Waals surface area contributed by atoms with E-state index in [0.29, 0.717) is 18.4 Å². The molecule has 1 aromatic carbocycles. The average molecular weight is 316 g/mol. The van der Waals surface area contributed by atoms with Gasteiger partial charge in [-0.2, -0.15) is 4.98 Å². The number of piperazine rings is 1. The summed E-state index contributed by atoms with van der Waals surface area (Å²) in [6.07, 6.45) is 0. The Kier molecular flexibility index (Phi) is 4.93. The van der Waals surface area contributed by atoms with E-state index in [1.165, 1.54) is 0 Å².